The van der Waals surface area contributed by atoms with E-state index < -0.39 is 0 Å². The number of thiazole rings is 1. The van der Waals surface area contributed by atoms with E-state index >= 15 is 0 Å². The van der Waals surface area contributed by atoms with Crippen LogP contribution in [-0.4, -0.2) is 18.1 Å². The Morgan fingerprint density at radius 2 is 1.47 bits per heavy atom. The van der Waals surface area contributed by atoms with Gasteiger partial charge in [-0.25, -0.2) is 4.98 Å². The molecule has 0 amide bonds. The van der Waals surface area contributed by atoms with Crippen LogP contribution in [0.2, 0.25) is 0 Å². The highest BCUT2D eigenvalue weighted by atomic mass is 32.1. The Kier molecular flexibility index (Phi) is 6.87. The monoisotopic (exact) mass is 486 g/mol. The van der Waals surface area contributed by atoms with Gasteiger partial charge in [0.05, 0.1) is 27.8 Å². The van der Waals surface area contributed by atoms with Crippen LogP contribution in [0.25, 0.3) is 0 Å². The molecule has 0 unspecified atom stereocenters. The summed E-state index contributed by atoms with van der Waals surface area (Å²) in [6, 6.07) is 17.4. The van der Waals surface area contributed by atoms with E-state index in [0.717, 1.165) is 46.4 Å². The minimum absolute atomic E-state index is 0.629. The first-order valence-corrected chi connectivity index (χ1v) is 12.6. The van der Waals surface area contributed by atoms with Crippen molar-refractivity contribution in [2.24, 2.45) is 30.7 Å². The lowest BCUT2D eigenvalue weighted by Crippen LogP contribution is -2.15. The molecule has 0 aliphatic carbocycles. The summed E-state index contributed by atoms with van der Waals surface area (Å²) < 4.78 is 0. The second-order valence-electron chi connectivity index (χ2n) is 7.71. The molecule has 1 aliphatic rings. The van der Waals surface area contributed by atoms with Gasteiger partial charge in [-0.1, -0.05) is 11.3 Å². The topological polar surface area (TPSA) is 90.3 Å². The van der Waals surface area contributed by atoms with E-state index in [0.29, 0.717) is 5.13 Å². The molecule has 0 radical (unpaired) electrons. The van der Waals surface area contributed by atoms with Crippen molar-refractivity contribution in [3.05, 3.63) is 71.7 Å². The van der Waals surface area contributed by atoms with E-state index in [9.17, 15) is 0 Å². The molecule has 10 heteroatoms. The van der Waals surface area contributed by atoms with Gasteiger partial charge in [0.2, 0.25) is 5.13 Å². The Balaban J connectivity index is 1.21. The quantitative estimate of drug-likeness (QED) is 0.243. The summed E-state index contributed by atoms with van der Waals surface area (Å²) in [6.45, 7) is 4.26. The number of benzene rings is 2. The Morgan fingerprint density at radius 3 is 2.18 bits per heavy atom. The van der Waals surface area contributed by atoms with Gasteiger partial charge in [-0.3, -0.25) is 0 Å². The van der Waals surface area contributed by atoms with Gasteiger partial charge in [-0.05, 0) is 79.9 Å². The maximum Gasteiger partial charge on any atom is 0.229 e. The van der Waals surface area contributed by atoms with Crippen LogP contribution >= 0.6 is 22.7 Å². The Bertz CT molecular complexity index is 1320. The van der Waals surface area contributed by atoms with Crippen LogP contribution < -0.4 is 4.90 Å². The van der Waals surface area contributed by atoms with Crippen molar-refractivity contribution in [3.63, 3.8) is 0 Å². The van der Waals surface area contributed by atoms with E-state index in [4.69, 9.17) is 0 Å². The molecule has 1 saturated heterocycles. The molecule has 0 spiro atoms. The Hall–Kier alpha value is -3.63. The molecule has 0 N–H and O–H groups in total. The van der Waals surface area contributed by atoms with E-state index in [1.165, 1.54) is 29.2 Å². The fourth-order valence-corrected chi connectivity index (χ4v) is 4.80. The van der Waals surface area contributed by atoms with E-state index in [1.54, 1.807) is 17.5 Å². The number of aryl methyl sites for hydroxylation is 1. The van der Waals surface area contributed by atoms with Gasteiger partial charge in [0, 0.05) is 24.7 Å². The molecule has 1 aliphatic heterocycles. The first-order valence-electron chi connectivity index (χ1n) is 10.9. The summed E-state index contributed by atoms with van der Waals surface area (Å²) in [4.78, 5) is 6.49. The highest BCUT2D eigenvalue weighted by molar-refractivity contribution is 7.19. The van der Waals surface area contributed by atoms with Crippen LogP contribution in [0.4, 0.5) is 37.9 Å². The molecule has 1 fully saturated rings. The number of thiophene rings is 1. The third-order valence-electron chi connectivity index (χ3n) is 5.23. The number of hydrogen-bond acceptors (Lipinski definition) is 10. The maximum atomic E-state index is 4.42. The zero-order valence-electron chi connectivity index (χ0n) is 18.6. The van der Waals surface area contributed by atoms with Crippen LogP contribution in [-0.2, 0) is 0 Å². The van der Waals surface area contributed by atoms with Gasteiger partial charge in [0.1, 0.15) is 5.00 Å². The summed E-state index contributed by atoms with van der Waals surface area (Å²) in [7, 11) is 0. The number of anilines is 1. The zero-order valence-corrected chi connectivity index (χ0v) is 20.2. The third-order valence-corrected chi connectivity index (χ3v) is 6.92. The summed E-state index contributed by atoms with van der Waals surface area (Å²) in [5.74, 6) is 0. The molecular weight excluding hydrogens is 464 g/mol. The average Bonchev–Trinajstić information content (AvgIpc) is 3.64. The number of hydrogen-bond donors (Lipinski definition) is 0. The Morgan fingerprint density at radius 1 is 0.765 bits per heavy atom. The fraction of sp³-hybridized carbons (Fsp3) is 0.208. The van der Waals surface area contributed by atoms with Crippen molar-refractivity contribution in [2.45, 2.75) is 19.8 Å². The van der Waals surface area contributed by atoms with E-state index in [-0.39, 0.29) is 0 Å². The number of nitrogens with zero attached hydrogens (tertiary/aromatic N) is 8. The van der Waals surface area contributed by atoms with E-state index in [1.807, 2.05) is 60.8 Å². The molecule has 5 rings (SSSR count). The molecule has 0 saturated carbocycles. The van der Waals surface area contributed by atoms with Crippen LogP contribution in [0, 0.1) is 6.92 Å². The molecule has 170 valence electrons. The van der Waals surface area contributed by atoms with Crippen LogP contribution in [0.15, 0.2) is 96.9 Å². The first-order chi connectivity index (χ1) is 16.7. The number of rotatable bonds is 7. The minimum Gasteiger partial charge on any atom is -0.363 e. The smallest absolute Gasteiger partial charge is 0.229 e. The third kappa shape index (κ3) is 5.64. The number of aromatic nitrogens is 1. The highest BCUT2D eigenvalue weighted by Gasteiger charge is 2.14. The molecule has 8 nitrogen and oxygen atoms in total. The van der Waals surface area contributed by atoms with Crippen molar-refractivity contribution in [2.75, 3.05) is 18.0 Å². The first kappa shape index (κ1) is 22.2. The summed E-state index contributed by atoms with van der Waals surface area (Å²) >= 11 is 3.12. The van der Waals surface area contributed by atoms with Crippen molar-refractivity contribution < 1.29 is 0 Å². The summed E-state index contributed by atoms with van der Waals surface area (Å²) in [5.41, 5.74) is 4.04. The molecule has 3 heterocycles. The molecule has 2 aromatic heterocycles. The normalized spacial score (nSPS) is 14.3. The second-order valence-corrected chi connectivity index (χ2v) is 9.62. The largest absolute Gasteiger partial charge is 0.363 e. The van der Waals surface area contributed by atoms with Crippen molar-refractivity contribution in [1.29, 1.82) is 0 Å². The molecular formula is C24H22N8S2. The highest BCUT2D eigenvalue weighted by Crippen LogP contribution is 2.35. The summed E-state index contributed by atoms with van der Waals surface area (Å²) in [5, 5.41) is 30.5. The average molecular weight is 487 g/mol. The fourth-order valence-electron chi connectivity index (χ4n) is 3.46. The molecule has 4 aromatic rings. The van der Waals surface area contributed by atoms with Crippen LogP contribution in [0.1, 0.15) is 18.4 Å². The van der Waals surface area contributed by atoms with Crippen LogP contribution in [0.3, 0.4) is 0 Å². The lowest BCUT2D eigenvalue weighted by atomic mass is 10.2. The van der Waals surface area contributed by atoms with Gasteiger partial charge in [-0.15, -0.1) is 31.8 Å². The maximum absolute atomic E-state index is 4.42. The lowest BCUT2D eigenvalue weighted by Gasteiger charge is -2.13. The number of azo groups is 3. The lowest BCUT2D eigenvalue weighted by molar-refractivity contribution is 0.949. The summed E-state index contributed by atoms with van der Waals surface area (Å²) in [6.07, 6.45) is 4.24. The zero-order chi connectivity index (χ0) is 23.2. The van der Waals surface area contributed by atoms with Gasteiger partial charge >= 0.3 is 0 Å². The van der Waals surface area contributed by atoms with Gasteiger partial charge in [-0.2, -0.15) is 10.2 Å². The van der Waals surface area contributed by atoms with Crippen molar-refractivity contribution in [3.8, 4) is 0 Å². The van der Waals surface area contributed by atoms with Crippen molar-refractivity contribution >= 4 is 60.6 Å². The van der Waals surface area contributed by atoms with Crippen LogP contribution in [0.5, 0.6) is 0 Å². The van der Waals surface area contributed by atoms with Crippen molar-refractivity contribution in [1.82, 2.24) is 4.98 Å². The van der Waals surface area contributed by atoms with E-state index in [2.05, 4.69) is 46.6 Å². The minimum atomic E-state index is 0.629. The second kappa shape index (κ2) is 10.5. The van der Waals surface area contributed by atoms with Gasteiger partial charge in [0.15, 0.2) is 0 Å². The molecule has 0 bridgehead atoms. The standard InChI is InChI=1S/C24H22N8S2/c1-17-16-20(28-30-22-10-11-23(34-22)32-13-2-3-14-32)8-9-21(17)29-26-18-4-6-19(7-5-18)27-31-24-25-12-15-33-24/h4-12,15-16H,2-3,13-14H2,1H3. The molecule has 34 heavy (non-hydrogen) atoms. The van der Waals surface area contributed by atoms with Gasteiger partial charge in [0.25, 0.3) is 0 Å². The molecule has 2 aromatic carbocycles. The SMILES string of the molecule is Cc1cc(N=Nc2ccc(N3CCCC3)s2)ccc1N=Nc1ccc(N=Nc2nccs2)cc1. The molecule has 0 atom stereocenters. The van der Waals surface area contributed by atoms with Gasteiger partial charge < -0.3 is 4.90 Å². The predicted molar refractivity (Wildman–Crippen MR) is 138 cm³/mol. The Labute approximate surface area is 205 Å². The predicted octanol–water partition coefficient (Wildman–Crippen LogP) is 9.36.